The number of aromatic nitrogens is 1. The number of hydrogen-bond donors (Lipinski definition) is 0. The van der Waals surface area contributed by atoms with Crippen LogP contribution in [0.4, 0.5) is 0 Å². The molecule has 0 unspecified atom stereocenters. The van der Waals surface area contributed by atoms with Gasteiger partial charge in [-0.1, -0.05) is 37.6 Å². The zero-order valence-electron chi connectivity index (χ0n) is 10.9. The Labute approximate surface area is 122 Å². The summed E-state index contributed by atoms with van der Waals surface area (Å²) in [4.78, 5) is 16.3. The van der Waals surface area contributed by atoms with E-state index in [1.807, 2.05) is 24.3 Å². The standard InChI is InChI=1S/C16H16BrNO/c1-2-3-4-12-5-7-13(8-6-12)16(19)14-9-15(17)11-18-10-14/h5-11H,2-4H2,1H3. The Balaban J connectivity index is 2.15. The van der Waals surface area contributed by atoms with Gasteiger partial charge in [-0.05, 0) is 40.4 Å². The van der Waals surface area contributed by atoms with Gasteiger partial charge in [0, 0.05) is 28.0 Å². The lowest BCUT2D eigenvalue weighted by Crippen LogP contribution is -2.02. The van der Waals surface area contributed by atoms with Gasteiger partial charge < -0.3 is 0 Å². The van der Waals surface area contributed by atoms with Crippen LogP contribution in [-0.2, 0) is 6.42 Å². The lowest BCUT2D eigenvalue weighted by atomic mass is 10.0. The molecular weight excluding hydrogens is 302 g/mol. The first-order valence-electron chi connectivity index (χ1n) is 6.45. The zero-order valence-corrected chi connectivity index (χ0v) is 12.5. The SMILES string of the molecule is CCCCc1ccc(C(=O)c2cncc(Br)c2)cc1. The van der Waals surface area contributed by atoms with Crippen LogP contribution in [-0.4, -0.2) is 10.8 Å². The molecule has 0 amide bonds. The van der Waals surface area contributed by atoms with Crippen LogP contribution in [0.25, 0.3) is 0 Å². The van der Waals surface area contributed by atoms with Gasteiger partial charge >= 0.3 is 0 Å². The van der Waals surface area contributed by atoms with Crippen LogP contribution in [0.3, 0.4) is 0 Å². The average Bonchev–Trinajstić information content (AvgIpc) is 2.45. The minimum Gasteiger partial charge on any atom is -0.289 e. The summed E-state index contributed by atoms with van der Waals surface area (Å²) in [7, 11) is 0. The molecule has 0 bridgehead atoms. The zero-order chi connectivity index (χ0) is 13.7. The van der Waals surface area contributed by atoms with E-state index in [-0.39, 0.29) is 5.78 Å². The Hall–Kier alpha value is -1.48. The van der Waals surface area contributed by atoms with Gasteiger partial charge in [0.15, 0.2) is 5.78 Å². The molecule has 98 valence electrons. The van der Waals surface area contributed by atoms with E-state index in [0.717, 1.165) is 10.9 Å². The highest BCUT2D eigenvalue weighted by Crippen LogP contribution is 2.15. The summed E-state index contributed by atoms with van der Waals surface area (Å²) >= 11 is 3.33. The van der Waals surface area contributed by atoms with Crippen molar-refractivity contribution in [3.8, 4) is 0 Å². The highest BCUT2D eigenvalue weighted by molar-refractivity contribution is 9.10. The third-order valence-electron chi connectivity index (χ3n) is 3.00. The first-order chi connectivity index (χ1) is 9.20. The molecule has 0 atom stereocenters. The molecule has 1 aromatic heterocycles. The molecule has 0 N–H and O–H groups in total. The summed E-state index contributed by atoms with van der Waals surface area (Å²) in [6.07, 6.45) is 6.71. The number of pyridine rings is 1. The topological polar surface area (TPSA) is 30.0 Å². The molecule has 0 spiro atoms. The molecular formula is C16H16BrNO. The predicted molar refractivity (Wildman–Crippen MR) is 80.4 cm³/mol. The van der Waals surface area contributed by atoms with Gasteiger partial charge in [-0.25, -0.2) is 0 Å². The summed E-state index contributed by atoms with van der Waals surface area (Å²) < 4.78 is 0.818. The van der Waals surface area contributed by atoms with Gasteiger partial charge in [0.2, 0.25) is 0 Å². The summed E-state index contributed by atoms with van der Waals surface area (Å²) in [6, 6.07) is 9.66. The maximum atomic E-state index is 12.3. The molecule has 1 aromatic carbocycles. The van der Waals surface area contributed by atoms with Gasteiger partial charge in [-0.15, -0.1) is 0 Å². The number of halogens is 1. The molecule has 0 radical (unpaired) electrons. The molecule has 2 aromatic rings. The van der Waals surface area contributed by atoms with Crippen molar-refractivity contribution in [2.75, 3.05) is 0 Å². The smallest absolute Gasteiger partial charge is 0.194 e. The number of unbranched alkanes of at least 4 members (excludes halogenated alkanes) is 1. The van der Waals surface area contributed by atoms with Crippen LogP contribution in [0.2, 0.25) is 0 Å². The van der Waals surface area contributed by atoms with E-state index >= 15 is 0 Å². The lowest BCUT2D eigenvalue weighted by molar-refractivity contribution is 0.103. The van der Waals surface area contributed by atoms with E-state index in [9.17, 15) is 4.79 Å². The number of benzene rings is 1. The molecule has 0 fully saturated rings. The number of carbonyl (C=O) groups is 1. The van der Waals surface area contributed by atoms with Gasteiger partial charge in [0.05, 0.1) is 0 Å². The Morgan fingerprint density at radius 3 is 2.53 bits per heavy atom. The van der Waals surface area contributed by atoms with Crippen molar-refractivity contribution < 1.29 is 4.79 Å². The molecule has 0 aliphatic rings. The largest absolute Gasteiger partial charge is 0.289 e. The minimum absolute atomic E-state index is 0.0100. The van der Waals surface area contributed by atoms with E-state index in [0.29, 0.717) is 11.1 Å². The van der Waals surface area contributed by atoms with E-state index in [2.05, 4.69) is 27.8 Å². The molecule has 3 heteroatoms. The van der Waals surface area contributed by atoms with Crippen molar-refractivity contribution in [1.82, 2.24) is 4.98 Å². The number of rotatable bonds is 5. The summed E-state index contributed by atoms with van der Waals surface area (Å²) in [5.41, 5.74) is 2.60. The molecule has 19 heavy (non-hydrogen) atoms. The van der Waals surface area contributed by atoms with Crippen molar-refractivity contribution >= 4 is 21.7 Å². The molecule has 0 aliphatic carbocycles. The average molecular weight is 318 g/mol. The molecule has 0 saturated carbocycles. The predicted octanol–water partition coefficient (Wildman–Crippen LogP) is 4.42. The third-order valence-corrected chi connectivity index (χ3v) is 3.44. The van der Waals surface area contributed by atoms with E-state index in [1.54, 1.807) is 18.5 Å². The normalized spacial score (nSPS) is 10.4. The van der Waals surface area contributed by atoms with Crippen molar-refractivity contribution in [1.29, 1.82) is 0 Å². The maximum Gasteiger partial charge on any atom is 0.194 e. The number of carbonyl (C=O) groups excluding carboxylic acids is 1. The lowest BCUT2D eigenvalue weighted by Gasteiger charge is -2.04. The molecule has 0 saturated heterocycles. The fraction of sp³-hybridized carbons (Fsp3) is 0.250. The van der Waals surface area contributed by atoms with Gasteiger partial charge in [0.1, 0.15) is 0 Å². The van der Waals surface area contributed by atoms with Crippen LogP contribution < -0.4 is 0 Å². The van der Waals surface area contributed by atoms with Crippen molar-refractivity contribution in [2.24, 2.45) is 0 Å². The first-order valence-corrected chi connectivity index (χ1v) is 7.24. The van der Waals surface area contributed by atoms with Crippen LogP contribution in [0.15, 0.2) is 47.2 Å². The summed E-state index contributed by atoms with van der Waals surface area (Å²) in [6.45, 7) is 2.18. The molecule has 1 heterocycles. The summed E-state index contributed by atoms with van der Waals surface area (Å²) in [5.74, 6) is 0.0100. The molecule has 0 aliphatic heterocycles. The Morgan fingerprint density at radius 1 is 1.16 bits per heavy atom. The molecule has 2 rings (SSSR count). The van der Waals surface area contributed by atoms with Crippen LogP contribution in [0.5, 0.6) is 0 Å². The van der Waals surface area contributed by atoms with Crippen molar-refractivity contribution in [2.45, 2.75) is 26.2 Å². The van der Waals surface area contributed by atoms with Crippen molar-refractivity contribution in [3.63, 3.8) is 0 Å². The van der Waals surface area contributed by atoms with Crippen LogP contribution in [0, 0.1) is 0 Å². The number of ketones is 1. The maximum absolute atomic E-state index is 12.3. The van der Waals surface area contributed by atoms with Crippen LogP contribution >= 0.6 is 15.9 Å². The van der Waals surface area contributed by atoms with E-state index in [1.165, 1.54) is 18.4 Å². The number of hydrogen-bond acceptors (Lipinski definition) is 2. The minimum atomic E-state index is 0.0100. The fourth-order valence-corrected chi connectivity index (χ4v) is 2.27. The highest BCUT2D eigenvalue weighted by Gasteiger charge is 2.09. The van der Waals surface area contributed by atoms with E-state index < -0.39 is 0 Å². The second-order valence-corrected chi connectivity index (χ2v) is 5.44. The van der Waals surface area contributed by atoms with Gasteiger partial charge in [-0.2, -0.15) is 0 Å². The second kappa shape index (κ2) is 6.62. The quantitative estimate of drug-likeness (QED) is 0.764. The number of nitrogens with zero attached hydrogens (tertiary/aromatic N) is 1. The van der Waals surface area contributed by atoms with Crippen LogP contribution in [0.1, 0.15) is 41.3 Å². The highest BCUT2D eigenvalue weighted by atomic mass is 79.9. The van der Waals surface area contributed by atoms with Crippen molar-refractivity contribution in [3.05, 3.63) is 63.9 Å². The van der Waals surface area contributed by atoms with Gasteiger partial charge in [-0.3, -0.25) is 9.78 Å². The fourth-order valence-electron chi connectivity index (χ4n) is 1.91. The Kier molecular flexibility index (Phi) is 4.86. The summed E-state index contributed by atoms with van der Waals surface area (Å²) in [5, 5.41) is 0. The second-order valence-electron chi connectivity index (χ2n) is 4.52. The first kappa shape index (κ1) is 13.9. The Bertz CT molecular complexity index is 563. The monoisotopic (exact) mass is 317 g/mol. The number of aryl methyl sites for hydroxylation is 1. The molecule has 2 nitrogen and oxygen atoms in total. The van der Waals surface area contributed by atoms with Gasteiger partial charge in [0.25, 0.3) is 0 Å². The Morgan fingerprint density at radius 2 is 1.89 bits per heavy atom. The third kappa shape index (κ3) is 3.74. The van der Waals surface area contributed by atoms with E-state index in [4.69, 9.17) is 0 Å².